The molecule has 0 radical (unpaired) electrons. The van der Waals surface area contributed by atoms with Crippen molar-refractivity contribution in [2.45, 2.75) is 32.6 Å². The van der Waals surface area contributed by atoms with Crippen LogP contribution in [0.4, 0.5) is 0 Å². The molecule has 1 aliphatic heterocycles. The lowest BCUT2D eigenvalue weighted by Gasteiger charge is -2.26. The minimum atomic E-state index is -0.0102. The minimum absolute atomic E-state index is 0. The fourth-order valence-corrected chi connectivity index (χ4v) is 3.51. The Kier molecular flexibility index (Phi) is 11.9. The molecule has 1 unspecified atom stereocenters. The lowest BCUT2D eigenvalue weighted by atomic mass is 9.85. The average Bonchev–Trinajstić information content (AvgIpc) is 3.11. The van der Waals surface area contributed by atoms with Crippen molar-refractivity contribution in [1.29, 1.82) is 0 Å². The highest BCUT2D eigenvalue weighted by Gasteiger charge is 2.26. The van der Waals surface area contributed by atoms with Gasteiger partial charge in [0.15, 0.2) is 5.96 Å². The van der Waals surface area contributed by atoms with Crippen molar-refractivity contribution in [2.75, 3.05) is 53.1 Å². The summed E-state index contributed by atoms with van der Waals surface area (Å²) in [6.45, 7) is 12.4. The zero-order chi connectivity index (χ0) is 19.7. The molecule has 1 heterocycles. The molecule has 0 amide bonds. The number of ether oxygens (including phenoxy) is 2. The van der Waals surface area contributed by atoms with Gasteiger partial charge in [0, 0.05) is 42.5 Å². The van der Waals surface area contributed by atoms with Crippen molar-refractivity contribution in [3.63, 3.8) is 0 Å². The lowest BCUT2D eigenvalue weighted by molar-refractivity contribution is 0.0536. The number of methoxy groups -OCH3 is 1. The van der Waals surface area contributed by atoms with Crippen LogP contribution in [0.5, 0.6) is 0 Å². The molecule has 0 saturated carbocycles. The van der Waals surface area contributed by atoms with Crippen LogP contribution in [0.3, 0.4) is 0 Å². The van der Waals surface area contributed by atoms with Crippen LogP contribution in [0.1, 0.15) is 32.8 Å². The van der Waals surface area contributed by atoms with Gasteiger partial charge >= 0.3 is 0 Å². The number of guanidine groups is 1. The number of nitrogens with one attached hydrogen (secondary N) is 1. The van der Waals surface area contributed by atoms with Crippen LogP contribution in [0.2, 0.25) is 0 Å². The summed E-state index contributed by atoms with van der Waals surface area (Å²) in [5.41, 5.74) is 1.29. The predicted molar refractivity (Wildman–Crippen MR) is 131 cm³/mol. The van der Waals surface area contributed by atoms with Gasteiger partial charge in [0.2, 0.25) is 0 Å². The van der Waals surface area contributed by atoms with Crippen LogP contribution in [0.25, 0.3) is 0 Å². The number of likely N-dealkylation sites (tertiary alicyclic amines) is 1. The molecule has 28 heavy (non-hydrogen) atoms. The summed E-state index contributed by atoms with van der Waals surface area (Å²) in [6, 6.07) is 8.55. The molecule has 0 spiro atoms. The molecule has 1 aromatic carbocycles. The first kappa shape index (κ1) is 25.7. The number of nitrogens with zero attached hydrogens (tertiary/aromatic N) is 2. The molecule has 7 heteroatoms. The van der Waals surface area contributed by atoms with Crippen LogP contribution in [0.15, 0.2) is 33.7 Å². The molecular weight excluding hydrogens is 533 g/mol. The summed E-state index contributed by atoms with van der Waals surface area (Å²) in [5, 5.41) is 3.46. The molecule has 1 aromatic rings. The van der Waals surface area contributed by atoms with Gasteiger partial charge in [0.25, 0.3) is 0 Å². The Hall–Kier alpha value is -0.380. The number of rotatable bonds is 9. The highest BCUT2D eigenvalue weighted by Crippen LogP contribution is 2.25. The van der Waals surface area contributed by atoms with Gasteiger partial charge in [-0.25, -0.2) is 0 Å². The summed E-state index contributed by atoms with van der Waals surface area (Å²) >= 11 is 3.51. The summed E-state index contributed by atoms with van der Waals surface area (Å²) in [6.07, 6.45) is 1.15. The van der Waals surface area contributed by atoms with Gasteiger partial charge in [0.05, 0.1) is 26.4 Å². The highest BCUT2D eigenvalue weighted by atomic mass is 127. The van der Waals surface area contributed by atoms with E-state index in [9.17, 15) is 0 Å². The number of benzene rings is 1. The van der Waals surface area contributed by atoms with Crippen molar-refractivity contribution < 1.29 is 9.47 Å². The zero-order valence-corrected chi connectivity index (χ0v) is 21.5. The minimum Gasteiger partial charge on any atom is -0.382 e. The predicted octanol–water partition coefficient (Wildman–Crippen LogP) is 4.30. The normalized spacial score (nSPS) is 17.5. The molecule has 1 atom stereocenters. The van der Waals surface area contributed by atoms with E-state index < -0.39 is 0 Å². The number of hydrogen-bond acceptors (Lipinski definition) is 3. The number of halogens is 2. The fraction of sp³-hybridized carbons (Fsp3) is 0.667. The van der Waals surface area contributed by atoms with E-state index in [1.807, 2.05) is 0 Å². The van der Waals surface area contributed by atoms with Gasteiger partial charge in [-0.1, -0.05) is 41.9 Å². The molecule has 1 N–H and O–H groups in total. The van der Waals surface area contributed by atoms with E-state index in [0.29, 0.717) is 19.1 Å². The van der Waals surface area contributed by atoms with E-state index >= 15 is 0 Å². The average molecular weight is 568 g/mol. The lowest BCUT2D eigenvalue weighted by Crippen LogP contribution is -2.41. The maximum Gasteiger partial charge on any atom is 0.193 e. The van der Waals surface area contributed by atoms with Crippen molar-refractivity contribution in [3.8, 4) is 0 Å². The van der Waals surface area contributed by atoms with Crippen molar-refractivity contribution in [3.05, 3.63) is 34.3 Å². The van der Waals surface area contributed by atoms with Crippen LogP contribution in [-0.2, 0) is 14.9 Å². The number of hydrogen-bond donors (Lipinski definition) is 1. The molecule has 2 rings (SSSR count). The van der Waals surface area contributed by atoms with E-state index in [0.717, 1.165) is 49.6 Å². The first-order chi connectivity index (χ1) is 13.0. The molecule has 1 saturated heterocycles. The molecule has 0 bridgehead atoms. The van der Waals surface area contributed by atoms with Gasteiger partial charge in [-0.15, -0.1) is 24.0 Å². The second-order valence-electron chi connectivity index (χ2n) is 7.73. The summed E-state index contributed by atoms with van der Waals surface area (Å²) in [7, 11) is 1.70. The van der Waals surface area contributed by atoms with Gasteiger partial charge in [-0.05, 0) is 31.0 Å². The Morgan fingerprint density at radius 3 is 2.64 bits per heavy atom. The number of aliphatic imine (C=N–C) groups is 1. The van der Waals surface area contributed by atoms with E-state index in [4.69, 9.17) is 14.5 Å². The Bertz CT molecular complexity index is 596. The summed E-state index contributed by atoms with van der Waals surface area (Å²) in [4.78, 5) is 7.34. The molecule has 5 nitrogen and oxygen atoms in total. The molecule has 1 fully saturated rings. The molecular formula is C21H35BrIN3O2. The van der Waals surface area contributed by atoms with Crippen molar-refractivity contribution in [2.24, 2.45) is 10.9 Å². The van der Waals surface area contributed by atoms with E-state index in [2.05, 4.69) is 71.2 Å². The largest absolute Gasteiger partial charge is 0.382 e. The van der Waals surface area contributed by atoms with Gasteiger partial charge in [-0.2, -0.15) is 0 Å². The first-order valence-electron chi connectivity index (χ1n) is 9.82. The Balaban J connectivity index is 0.00000392. The Morgan fingerprint density at radius 2 is 2.00 bits per heavy atom. The second-order valence-corrected chi connectivity index (χ2v) is 8.65. The van der Waals surface area contributed by atoms with Crippen molar-refractivity contribution in [1.82, 2.24) is 10.2 Å². The third-order valence-electron chi connectivity index (χ3n) is 4.96. The van der Waals surface area contributed by atoms with E-state index in [1.54, 1.807) is 7.11 Å². The second kappa shape index (κ2) is 13.0. The Labute approximate surface area is 195 Å². The summed E-state index contributed by atoms with van der Waals surface area (Å²) in [5.74, 6) is 1.58. The topological polar surface area (TPSA) is 46.1 Å². The molecule has 0 aliphatic carbocycles. The van der Waals surface area contributed by atoms with Crippen LogP contribution in [-0.4, -0.2) is 64.0 Å². The van der Waals surface area contributed by atoms with Crippen LogP contribution in [0, 0.1) is 5.92 Å². The quantitative estimate of drug-likeness (QED) is 0.209. The highest BCUT2D eigenvalue weighted by molar-refractivity contribution is 14.0. The molecule has 1 aliphatic rings. The van der Waals surface area contributed by atoms with Gasteiger partial charge in [0.1, 0.15) is 0 Å². The molecule has 160 valence electrons. The summed E-state index contributed by atoms with van der Waals surface area (Å²) < 4.78 is 11.9. The monoisotopic (exact) mass is 567 g/mol. The maximum absolute atomic E-state index is 5.71. The van der Waals surface area contributed by atoms with E-state index in [-0.39, 0.29) is 29.4 Å². The van der Waals surface area contributed by atoms with Crippen molar-refractivity contribution >= 4 is 45.9 Å². The van der Waals surface area contributed by atoms with Crippen LogP contribution >= 0.6 is 39.9 Å². The Morgan fingerprint density at radius 1 is 1.29 bits per heavy atom. The smallest absolute Gasteiger partial charge is 0.193 e. The third-order valence-corrected chi connectivity index (χ3v) is 5.48. The van der Waals surface area contributed by atoms with Crippen LogP contribution < -0.4 is 5.32 Å². The standard InChI is InChI=1S/C21H34BrN3O2.HI/c1-5-23-20(25-11-10-17(14-25)15-27-13-12-26-4)24-16-21(2,3)18-6-8-19(22)9-7-18;/h6-9,17H,5,10-16H2,1-4H3,(H,23,24);1H. The maximum atomic E-state index is 5.71. The van der Waals surface area contributed by atoms with E-state index in [1.165, 1.54) is 5.56 Å². The fourth-order valence-electron chi connectivity index (χ4n) is 3.24. The zero-order valence-electron chi connectivity index (χ0n) is 17.5. The SMILES string of the molecule is CCNC(=NCC(C)(C)c1ccc(Br)cc1)N1CCC(COCCOC)C1.I. The third kappa shape index (κ3) is 8.16. The van der Waals surface area contributed by atoms with Gasteiger partial charge < -0.3 is 19.7 Å². The molecule has 0 aromatic heterocycles. The van der Waals surface area contributed by atoms with Gasteiger partial charge in [-0.3, -0.25) is 4.99 Å². The first-order valence-corrected chi connectivity index (χ1v) is 10.6.